The fourth-order valence-corrected chi connectivity index (χ4v) is 4.52. The molecule has 1 aliphatic heterocycles. The van der Waals surface area contributed by atoms with E-state index in [9.17, 15) is 4.79 Å². The van der Waals surface area contributed by atoms with Crippen LogP contribution in [0.1, 0.15) is 21.5 Å². The number of amides is 1. The zero-order chi connectivity index (χ0) is 18.5. The van der Waals surface area contributed by atoms with E-state index < -0.39 is 5.91 Å². The average Bonchev–Trinajstić information content (AvgIpc) is 3.06. The first-order valence-electron chi connectivity index (χ1n) is 8.99. The number of para-hydroxylation sites is 1. The standard InChI is InChI=1S/C22H18ClN3O/c23-17-10-16(22(24)27)21-20(15-5-1-2-7-18(15)26-21)19(17)14-6-3-4-12-11-25-9-8-13(12)14/h1-7,10,25-26H,8-9,11H2,(H2,24,27). The summed E-state index contributed by atoms with van der Waals surface area (Å²) in [5, 5.41) is 5.97. The Morgan fingerprint density at radius 3 is 2.81 bits per heavy atom. The third-order valence-corrected chi connectivity index (χ3v) is 5.71. The van der Waals surface area contributed by atoms with Crippen LogP contribution in [0, 0.1) is 0 Å². The second-order valence-electron chi connectivity index (χ2n) is 6.94. The number of hydrogen-bond donors (Lipinski definition) is 3. The zero-order valence-electron chi connectivity index (χ0n) is 14.6. The molecular weight excluding hydrogens is 358 g/mol. The smallest absolute Gasteiger partial charge is 0.250 e. The van der Waals surface area contributed by atoms with Crippen LogP contribution in [0.15, 0.2) is 48.5 Å². The van der Waals surface area contributed by atoms with Crippen LogP contribution < -0.4 is 11.1 Å². The van der Waals surface area contributed by atoms with Gasteiger partial charge in [-0.1, -0.05) is 48.0 Å². The van der Waals surface area contributed by atoms with Crippen LogP contribution in [0.3, 0.4) is 0 Å². The average molecular weight is 376 g/mol. The number of H-pyrrole nitrogens is 1. The maximum atomic E-state index is 12.1. The molecule has 0 atom stereocenters. The van der Waals surface area contributed by atoms with Gasteiger partial charge >= 0.3 is 0 Å². The number of primary amides is 1. The number of halogens is 1. The summed E-state index contributed by atoms with van der Waals surface area (Å²) in [7, 11) is 0. The second kappa shape index (κ2) is 6.12. The van der Waals surface area contributed by atoms with E-state index in [2.05, 4.69) is 34.6 Å². The van der Waals surface area contributed by atoms with Gasteiger partial charge in [-0.3, -0.25) is 4.79 Å². The lowest BCUT2D eigenvalue weighted by Crippen LogP contribution is -2.24. The first-order chi connectivity index (χ1) is 13.1. The van der Waals surface area contributed by atoms with E-state index in [4.69, 9.17) is 17.3 Å². The Morgan fingerprint density at radius 1 is 1.11 bits per heavy atom. The highest BCUT2D eigenvalue weighted by atomic mass is 35.5. The minimum Gasteiger partial charge on any atom is -0.366 e. The molecule has 5 heteroatoms. The molecular formula is C22H18ClN3O. The highest BCUT2D eigenvalue weighted by molar-refractivity contribution is 6.37. The molecule has 0 saturated heterocycles. The van der Waals surface area contributed by atoms with E-state index in [1.54, 1.807) is 6.07 Å². The van der Waals surface area contributed by atoms with Crippen molar-refractivity contribution in [2.75, 3.05) is 6.54 Å². The van der Waals surface area contributed by atoms with Gasteiger partial charge in [0, 0.05) is 33.4 Å². The molecule has 4 aromatic rings. The van der Waals surface area contributed by atoms with Crippen LogP contribution in [0.25, 0.3) is 32.9 Å². The van der Waals surface area contributed by atoms with Crippen molar-refractivity contribution in [1.82, 2.24) is 10.3 Å². The highest BCUT2D eigenvalue weighted by Crippen LogP contribution is 2.43. The van der Waals surface area contributed by atoms with Gasteiger partial charge in [-0.15, -0.1) is 0 Å². The number of hydrogen-bond acceptors (Lipinski definition) is 2. The van der Waals surface area contributed by atoms with Gasteiger partial charge in [0.05, 0.1) is 11.1 Å². The quantitative estimate of drug-likeness (QED) is 0.486. The molecule has 3 aromatic carbocycles. The summed E-state index contributed by atoms with van der Waals surface area (Å²) in [6.45, 7) is 1.80. The van der Waals surface area contributed by atoms with Gasteiger partial charge in [-0.2, -0.15) is 0 Å². The third kappa shape index (κ3) is 2.45. The van der Waals surface area contributed by atoms with E-state index in [1.807, 2.05) is 18.2 Å². The van der Waals surface area contributed by atoms with Gasteiger partial charge in [0.2, 0.25) is 0 Å². The number of nitrogens with two attached hydrogens (primary N) is 1. The van der Waals surface area contributed by atoms with E-state index in [0.29, 0.717) is 10.6 Å². The van der Waals surface area contributed by atoms with Crippen molar-refractivity contribution in [3.05, 3.63) is 70.2 Å². The zero-order valence-corrected chi connectivity index (χ0v) is 15.4. The van der Waals surface area contributed by atoms with Crippen molar-refractivity contribution in [1.29, 1.82) is 0 Å². The molecule has 5 rings (SSSR count). The predicted octanol–water partition coefficient (Wildman–Crippen LogP) is 4.39. The van der Waals surface area contributed by atoms with Gasteiger partial charge in [0.25, 0.3) is 5.91 Å². The second-order valence-corrected chi connectivity index (χ2v) is 7.34. The summed E-state index contributed by atoms with van der Waals surface area (Å²) < 4.78 is 0. The number of fused-ring (bicyclic) bond motifs is 4. The number of rotatable bonds is 2. The molecule has 1 aliphatic rings. The number of carbonyl (C=O) groups excluding carboxylic acids is 1. The third-order valence-electron chi connectivity index (χ3n) is 5.41. The summed E-state index contributed by atoms with van der Waals surface area (Å²) in [6, 6.07) is 16.1. The lowest BCUT2D eigenvalue weighted by atomic mass is 9.88. The van der Waals surface area contributed by atoms with Crippen LogP contribution >= 0.6 is 11.6 Å². The molecule has 0 bridgehead atoms. The van der Waals surface area contributed by atoms with Gasteiger partial charge < -0.3 is 16.0 Å². The molecule has 0 saturated carbocycles. The van der Waals surface area contributed by atoms with Crippen molar-refractivity contribution in [3.63, 3.8) is 0 Å². The van der Waals surface area contributed by atoms with Gasteiger partial charge in [-0.05, 0) is 41.8 Å². The van der Waals surface area contributed by atoms with Crippen LogP contribution in [0.4, 0.5) is 0 Å². The van der Waals surface area contributed by atoms with Crippen molar-refractivity contribution >= 4 is 39.3 Å². The summed E-state index contributed by atoms with van der Waals surface area (Å²) in [5.74, 6) is -0.487. The van der Waals surface area contributed by atoms with Crippen molar-refractivity contribution < 1.29 is 4.79 Å². The minimum atomic E-state index is -0.487. The summed E-state index contributed by atoms with van der Waals surface area (Å²) >= 11 is 6.75. The first kappa shape index (κ1) is 16.4. The highest BCUT2D eigenvalue weighted by Gasteiger charge is 2.22. The Balaban J connectivity index is 1.95. The van der Waals surface area contributed by atoms with Crippen LogP contribution in [0.2, 0.25) is 5.02 Å². The van der Waals surface area contributed by atoms with Gasteiger partial charge in [0.1, 0.15) is 0 Å². The molecule has 4 nitrogen and oxygen atoms in total. The monoisotopic (exact) mass is 375 g/mol. The van der Waals surface area contributed by atoms with Crippen LogP contribution in [-0.4, -0.2) is 17.4 Å². The minimum absolute atomic E-state index is 0.418. The maximum absolute atomic E-state index is 12.1. The Hall–Kier alpha value is -2.82. The van der Waals surface area contributed by atoms with Crippen molar-refractivity contribution in [3.8, 4) is 11.1 Å². The van der Waals surface area contributed by atoms with E-state index in [-0.39, 0.29) is 0 Å². The summed E-state index contributed by atoms with van der Waals surface area (Å²) in [4.78, 5) is 15.4. The molecule has 0 spiro atoms. The Labute approximate surface area is 161 Å². The molecule has 134 valence electrons. The Kier molecular flexibility index (Phi) is 3.71. The first-order valence-corrected chi connectivity index (χ1v) is 9.37. The lowest BCUT2D eigenvalue weighted by molar-refractivity contribution is 0.100. The molecule has 1 aromatic heterocycles. The SMILES string of the molecule is NC(=O)c1cc(Cl)c(-c2cccc3c2CCNC3)c2c1[nH]c1ccccc12. The molecule has 0 radical (unpaired) electrons. The molecule has 0 unspecified atom stereocenters. The number of nitrogens with one attached hydrogen (secondary N) is 2. The van der Waals surface area contributed by atoms with Crippen molar-refractivity contribution in [2.24, 2.45) is 5.73 Å². The predicted molar refractivity (Wildman–Crippen MR) is 110 cm³/mol. The maximum Gasteiger partial charge on any atom is 0.250 e. The molecule has 1 amide bonds. The van der Waals surface area contributed by atoms with Gasteiger partial charge in [-0.25, -0.2) is 0 Å². The number of benzene rings is 3. The fourth-order valence-electron chi connectivity index (χ4n) is 4.22. The summed E-state index contributed by atoms with van der Waals surface area (Å²) in [6.07, 6.45) is 0.948. The molecule has 0 fully saturated rings. The van der Waals surface area contributed by atoms with Gasteiger partial charge in [0.15, 0.2) is 0 Å². The molecule has 2 heterocycles. The summed E-state index contributed by atoms with van der Waals surface area (Å²) in [5.41, 5.74) is 12.5. The fraction of sp³-hybridized carbons (Fsp3) is 0.136. The molecule has 0 aliphatic carbocycles. The number of carbonyl (C=O) groups is 1. The molecule has 27 heavy (non-hydrogen) atoms. The van der Waals surface area contributed by atoms with E-state index in [0.717, 1.165) is 52.4 Å². The van der Waals surface area contributed by atoms with Crippen LogP contribution in [0.5, 0.6) is 0 Å². The van der Waals surface area contributed by atoms with E-state index >= 15 is 0 Å². The van der Waals surface area contributed by atoms with Crippen molar-refractivity contribution in [2.45, 2.75) is 13.0 Å². The van der Waals surface area contributed by atoms with E-state index in [1.165, 1.54) is 11.1 Å². The topological polar surface area (TPSA) is 70.9 Å². The largest absolute Gasteiger partial charge is 0.366 e. The Morgan fingerprint density at radius 2 is 1.96 bits per heavy atom. The number of aromatic amines is 1. The normalized spacial score (nSPS) is 13.8. The number of aromatic nitrogens is 1. The van der Waals surface area contributed by atoms with Crippen LogP contribution in [-0.2, 0) is 13.0 Å². The molecule has 4 N–H and O–H groups in total. The Bertz CT molecular complexity index is 1230. The lowest BCUT2D eigenvalue weighted by Gasteiger charge is -2.22.